The lowest BCUT2D eigenvalue weighted by molar-refractivity contribution is -0.384. The van der Waals surface area contributed by atoms with Crippen molar-refractivity contribution >= 4 is 56.2 Å². The molecule has 0 saturated heterocycles. The zero-order valence-corrected chi connectivity index (χ0v) is 19.9. The third-order valence-corrected chi connectivity index (χ3v) is 6.65. The van der Waals surface area contributed by atoms with Gasteiger partial charge < -0.3 is 4.74 Å². The van der Waals surface area contributed by atoms with E-state index in [1.807, 2.05) is 26.0 Å². The standard InChI is InChI=1S/C21H17Cl3N2O5S/c1-12(2)15-5-3-4-6-19(15)25-32(29,30)14-10-17(23)21(18(24)11-14)31-20-8-7-13(26(27)28)9-16(20)22/h3-12,25H,1-2H3. The van der Waals surface area contributed by atoms with Gasteiger partial charge in [-0.1, -0.05) is 66.8 Å². The molecule has 0 aliphatic carbocycles. The summed E-state index contributed by atoms with van der Waals surface area (Å²) < 4.78 is 34.1. The minimum absolute atomic E-state index is 0.0324. The highest BCUT2D eigenvalue weighted by atomic mass is 35.5. The van der Waals surface area contributed by atoms with Crippen LogP contribution in [0.5, 0.6) is 11.5 Å². The topological polar surface area (TPSA) is 98.5 Å². The molecule has 0 saturated carbocycles. The number of nitro groups is 1. The average Bonchev–Trinajstić information content (AvgIpc) is 2.71. The molecular weight excluding hydrogens is 499 g/mol. The van der Waals surface area contributed by atoms with Crippen LogP contribution < -0.4 is 9.46 Å². The molecule has 0 spiro atoms. The van der Waals surface area contributed by atoms with Crippen LogP contribution in [-0.4, -0.2) is 13.3 Å². The van der Waals surface area contributed by atoms with Crippen LogP contribution in [0.1, 0.15) is 25.3 Å². The molecule has 0 aliphatic rings. The number of nitrogens with one attached hydrogen (secondary N) is 1. The predicted molar refractivity (Wildman–Crippen MR) is 126 cm³/mol. The Bertz CT molecular complexity index is 1270. The van der Waals surface area contributed by atoms with Crippen LogP contribution in [0.3, 0.4) is 0 Å². The van der Waals surface area contributed by atoms with E-state index in [1.165, 1.54) is 24.3 Å². The smallest absolute Gasteiger partial charge is 0.271 e. The molecule has 1 N–H and O–H groups in total. The van der Waals surface area contributed by atoms with Gasteiger partial charge in [0.1, 0.15) is 5.75 Å². The number of hydrogen-bond acceptors (Lipinski definition) is 5. The highest BCUT2D eigenvalue weighted by Gasteiger charge is 2.22. The Labute approximate surface area is 200 Å². The Hall–Kier alpha value is -2.52. The SMILES string of the molecule is CC(C)c1ccccc1NS(=O)(=O)c1cc(Cl)c(Oc2ccc([N+](=O)[O-])cc2Cl)c(Cl)c1. The van der Waals surface area contributed by atoms with Crippen LogP contribution in [-0.2, 0) is 10.0 Å². The first-order valence-corrected chi connectivity index (χ1v) is 11.8. The quantitative estimate of drug-likeness (QED) is 0.263. The van der Waals surface area contributed by atoms with Gasteiger partial charge in [0, 0.05) is 12.1 Å². The Morgan fingerprint density at radius 3 is 2.16 bits per heavy atom. The summed E-state index contributed by atoms with van der Waals surface area (Å²) >= 11 is 18.6. The summed E-state index contributed by atoms with van der Waals surface area (Å²) in [7, 11) is -4.00. The second kappa shape index (κ2) is 9.54. The number of halogens is 3. The second-order valence-corrected chi connectivity index (χ2v) is 9.94. The van der Waals surface area contributed by atoms with E-state index in [-0.39, 0.29) is 43.1 Å². The van der Waals surface area contributed by atoms with Crippen molar-refractivity contribution < 1.29 is 18.1 Å². The van der Waals surface area contributed by atoms with Crippen molar-refractivity contribution in [1.82, 2.24) is 0 Å². The van der Waals surface area contributed by atoms with Crippen LogP contribution in [0, 0.1) is 10.1 Å². The molecule has 0 aromatic heterocycles. The molecule has 3 aromatic rings. The van der Waals surface area contributed by atoms with Crippen LogP contribution in [0.15, 0.2) is 59.5 Å². The van der Waals surface area contributed by atoms with E-state index >= 15 is 0 Å². The van der Waals surface area contributed by atoms with Gasteiger partial charge >= 0.3 is 0 Å². The Morgan fingerprint density at radius 1 is 0.969 bits per heavy atom. The third kappa shape index (κ3) is 5.27. The molecule has 0 aliphatic heterocycles. The van der Waals surface area contributed by atoms with Gasteiger partial charge in [0.2, 0.25) is 0 Å². The molecule has 168 valence electrons. The van der Waals surface area contributed by atoms with E-state index in [0.29, 0.717) is 5.69 Å². The van der Waals surface area contributed by atoms with E-state index in [4.69, 9.17) is 39.5 Å². The van der Waals surface area contributed by atoms with Crippen molar-refractivity contribution in [1.29, 1.82) is 0 Å². The van der Waals surface area contributed by atoms with E-state index in [2.05, 4.69) is 4.72 Å². The molecule has 32 heavy (non-hydrogen) atoms. The molecular formula is C21H17Cl3N2O5S. The maximum absolute atomic E-state index is 13.0. The number of non-ortho nitro benzene ring substituents is 1. The average molecular weight is 516 g/mol. The van der Waals surface area contributed by atoms with Crippen LogP contribution >= 0.6 is 34.8 Å². The lowest BCUT2D eigenvalue weighted by Crippen LogP contribution is -2.14. The predicted octanol–water partition coefficient (Wildman–Crippen LogP) is 7.27. The first-order valence-electron chi connectivity index (χ1n) is 9.22. The minimum Gasteiger partial charge on any atom is -0.453 e. The summed E-state index contributed by atoms with van der Waals surface area (Å²) in [4.78, 5) is 10.1. The lowest BCUT2D eigenvalue weighted by Gasteiger charge is -2.16. The van der Waals surface area contributed by atoms with Crippen molar-refractivity contribution in [3.05, 3.63) is 85.3 Å². The summed E-state index contributed by atoms with van der Waals surface area (Å²) in [6.07, 6.45) is 0. The maximum atomic E-state index is 13.0. The number of ether oxygens (including phenoxy) is 1. The largest absolute Gasteiger partial charge is 0.453 e. The summed E-state index contributed by atoms with van der Waals surface area (Å²) in [5.41, 5.74) is 1.07. The Morgan fingerprint density at radius 2 is 1.59 bits per heavy atom. The lowest BCUT2D eigenvalue weighted by atomic mass is 10.0. The Kier molecular flexibility index (Phi) is 7.19. The normalized spacial score (nSPS) is 11.4. The van der Waals surface area contributed by atoms with Gasteiger partial charge in [-0.25, -0.2) is 8.42 Å². The molecule has 3 aromatic carbocycles. The third-order valence-electron chi connectivity index (χ3n) is 4.45. The second-order valence-electron chi connectivity index (χ2n) is 7.04. The van der Waals surface area contributed by atoms with Gasteiger partial charge in [-0.05, 0) is 35.7 Å². The van der Waals surface area contributed by atoms with Crippen LogP contribution in [0.2, 0.25) is 15.1 Å². The van der Waals surface area contributed by atoms with E-state index in [9.17, 15) is 18.5 Å². The maximum Gasteiger partial charge on any atom is 0.271 e. The monoisotopic (exact) mass is 514 g/mol. The minimum atomic E-state index is -4.00. The van der Waals surface area contributed by atoms with E-state index in [0.717, 1.165) is 11.6 Å². The fourth-order valence-corrected chi connectivity index (χ4v) is 4.93. The molecule has 0 radical (unpaired) electrons. The number of sulfonamides is 1. The van der Waals surface area contributed by atoms with Gasteiger partial charge in [0.15, 0.2) is 5.75 Å². The number of rotatable bonds is 7. The van der Waals surface area contributed by atoms with E-state index < -0.39 is 14.9 Å². The first kappa shape index (κ1) is 24.1. The van der Waals surface area contributed by atoms with Crippen LogP contribution in [0.25, 0.3) is 0 Å². The van der Waals surface area contributed by atoms with Crippen molar-refractivity contribution in [2.75, 3.05) is 4.72 Å². The molecule has 0 unspecified atom stereocenters. The molecule has 7 nitrogen and oxygen atoms in total. The molecule has 3 rings (SSSR count). The van der Waals surface area contributed by atoms with Crippen molar-refractivity contribution in [2.45, 2.75) is 24.7 Å². The fourth-order valence-electron chi connectivity index (χ4n) is 2.88. The van der Waals surface area contributed by atoms with Crippen molar-refractivity contribution in [3.63, 3.8) is 0 Å². The van der Waals surface area contributed by atoms with Crippen molar-refractivity contribution in [3.8, 4) is 11.5 Å². The summed E-state index contributed by atoms with van der Waals surface area (Å²) in [6.45, 7) is 3.91. The van der Waals surface area contributed by atoms with Gasteiger partial charge in [0.05, 0.1) is 30.6 Å². The van der Waals surface area contributed by atoms with Crippen molar-refractivity contribution in [2.24, 2.45) is 0 Å². The molecule has 0 heterocycles. The number of benzene rings is 3. The number of hydrogen-bond donors (Lipinski definition) is 1. The van der Waals surface area contributed by atoms with Gasteiger partial charge in [0.25, 0.3) is 15.7 Å². The highest BCUT2D eigenvalue weighted by Crippen LogP contribution is 2.41. The number of nitrogens with zero attached hydrogens (tertiary/aromatic N) is 1. The molecule has 0 fully saturated rings. The fraction of sp³-hybridized carbons (Fsp3) is 0.143. The van der Waals surface area contributed by atoms with Gasteiger partial charge in [-0.15, -0.1) is 0 Å². The number of nitro benzene ring substituents is 1. The van der Waals surface area contributed by atoms with Gasteiger partial charge in [-0.3, -0.25) is 14.8 Å². The highest BCUT2D eigenvalue weighted by molar-refractivity contribution is 7.92. The first-order chi connectivity index (χ1) is 15.0. The summed E-state index contributed by atoms with van der Waals surface area (Å²) in [5, 5.41) is 10.7. The summed E-state index contributed by atoms with van der Waals surface area (Å²) in [6, 6.07) is 13.1. The van der Waals surface area contributed by atoms with E-state index in [1.54, 1.807) is 12.1 Å². The summed E-state index contributed by atoms with van der Waals surface area (Å²) in [5.74, 6) is 0.134. The van der Waals surface area contributed by atoms with Crippen LogP contribution in [0.4, 0.5) is 11.4 Å². The van der Waals surface area contributed by atoms with Gasteiger partial charge in [-0.2, -0.15) is 0 Å². The zero-order chi connectivity index (χ0) is 23.6. The molecule has 11 heteroatoms. The molecule has 0 bridgehead atoms. The molecule has 0 atom stereocenters. The number of anilines is 1. The Balaban J connectivity index is 1.93. The molecule has 0 amide bonds. The zero-order valence-electron chi connectivity index (χ0n) is 16.8. The number of para-hydroxylation sites is 1.